The van der Waals surface area contributed by atoms with Crippen molar-refractivity contribution in [2.24, 2.45) is 0 Å². The molecule has 1 N–H and O–H groups in total. The zero-order chi connectivity index (χ0) is 11.9. The minimum Gasteiger partial charge on any atom is -0.366 e. The van der Waals surface area contributed by atoms with Gasteiger partial charge in [-0.05, 0) is 31.5 Å². The van der Waals surface area contributed by atoms with Crippen LogP contribution in [0.25, 0.3) is 0 Å². The first-order chi connectivity index (χ1) is 8.42. The third-order valence-corrected chi connectivity index (χ3v) is 3.26. The summed E-state index contributed by atoms with van der Waals surface area (Å²) < 4.78 is 0. The summed E-state index contributed by atoms with van der Waals surface area (Å²) in [5, 5.41) is 12.2. The summed E-state index contributed by atoms with van der Waals surface area (Å²) in [5.74, 6) is 0. The van der Waals surface area contributed by atoms with Crippen molar-refractivity contribution >= 4 is 5.69 Å². The minimum atomic E-state index is 0.527. The summed E-state index contributed by atoms with van der Waals surface area (Å²) in [6.07, 6.45) is 3.03. The van der Waals surface area contributed by atoms with Crippen LogP contribution in [0.15, 0.2) is 30.3 Å². The van der Waals surface area contributed by atoms with Gasteiger partial charge in [0.25, 0.3) is 0 Å². The second-order valence-corrected chi connectivity index (χ2v) is 4.44. The average Bonchev–Trinajstić information content (AvgIpc) is 2.42. The Balaban J connectivity index is 2.10. The molecule has 1 aliphatic rings. The summed E-state index contributed by atoms with van der Waals surface area (Å²) >= 11 is 0. The molecule has 0 spiro atoms. The first kappa shape index (κ1) is 11.9. The SMILES string of the molecule is N#CCCN(c1ccccc1)C1CCCNC1. The highest BCUT2D eigenvalue weighted by Crippen LogP contribution is 2.20. The van der Waals surface area contributed by atoms with Gasteiger partial charge in [-0.1, -0.05) is 18.2 Å². The van der Waals surface area contributed by atoms with Crippen LogP contribution in [0, 0.1) is 11.3 Å². The van der Waals surface area contributed by atoms with Crippen LogP contribution >= 0.6 is 0 Å². The van der Waals surface area contributed by atoms with Crippen LogP contribution < -0.4 is 10.2 Å². The van der Waals surface area contributed by atoms with E-state index in [2.05, 4.69) is 40.6 Å². The molecule has 17 heavy (non-hydrogen) atoms. The van der Waals surface area contributed by atoms with Gasteiger partial charge in [0.2, 0.25) is 0 Å². The maximum absolute atomic E-state index is 8.77. The maximum atomic E-state index is 8.77. The zero-order valence-electron chi connectivity index (χ0n) is 10.1. The summed E-state index contributed by atoms with van der Waals surface area (Å²) in [5.41, 5.74) is 1.23. The molecule has 90 valence electrons. The molecule has 1 aliphatic heterocycles. The lowest BCUT2D eigenvalue weighted by Crippen LogP contribution is -2.46. The summed E-state index contributed by atoms with van der Waals surface area (Å²) in [4.78, 5) is 2.37. The van der Waals surface area contributed by atoms with Crippen LogP contribution in [0.3, 0.4) is 0 Å². The summed E-state index contributed by atoms with van der Waals surface area (Å²) in [7, 11) is 0. The smallest absolute Gasteiger partial charge is 0.0640 e. The largest absolute Gasteiger partial charge is 0.366 e. The van der Waals surface area contributed by atoms with E-state index < -0.39 is 0 Å². The van der Waals surface area contributed by atoms with Gasteiger partial charge in [-0.2, -0.15) is 5.26 Å². The maximum Gasteiger partial charge on any atom is 0.0640 e. The van der Waals surface area contributed by atoms with Crippen molar-refractivity contribution < 1.29 is 0 Å². The topological polar surface area (TPSA) is 39.1 Å². The van der Waals surface area contributed by atoms with Crippen LogP contribution in [0.5, 0.6) is 0 Å². The van der Waals surface area contributed by atoms with Crippen molar-refractivity contribution in [1.82, 2.24) is 5.32 Å². The fraction of sp³-hybridized carbons (Fsp3) is 0.500. The van der Waals surface area contributed by atoms with Gasteiger partial charge in [0, 0.05) is 24.8 Å². The standard InChI is InChI=1S/C14H19N3/c15-9-5-11-17(13-6-2-1-3-7-13)14-8-4-10-16-12-14/h1-3,6-7,14,16H,4-5,8,10-12H2. The lowest BCUT2D eigenvalue weighted by atomic mass is 10.0. The molecule has 1 heterocycles. The quantitative estimate of drug-likeness (QED) is 0.860. The molecule has 0 saturated carbocycles. The van der Waals surface area contributed by atoms with Crippen LogP contribution in [-0.4, -0.2) is 25.7 Å². The minimum absolute atomic E-state index is 0.527. The van der Waals surface area contributed by atoms with E-state index in [4.69, 9.17) is 5.26 Å². The summed E-state index contributed by atoms with van der Waals surface area (Å²) in [6, 6.07) is 13.2. The number of piperidine rings is 1. The molecule has 0 radical (unpaired) electrons. The Bertz CT molecular complexity index is 363. The van der Waals surface area contributed by atoms with Gasteiger partial charge in [0.05, 0.1) is 12.5 Å². The molecule has 1 aromatic carbocycles. The van der Waals surface area contributed by atoms with E-state index in [1.807, 2.05) is 6.07 Å². The van der Waals surface area contributed by atoms with Gasteiger partial charge in [-0.25, -0.2) is 0 Å². The Morgan fingerprint density at radius 2 is 2.18 bits per heavy atom. The number of hydrogen-bond acceptors (Lipinski definition) is 3. The predicted octanol–water partition coefficient (Wildman–Crippen LogP) is 2.16. The van der Waals surface area contributed by atoms with E-state index in [1.165, 1.54) is 18.5 Å². The number of nitriles is 1. The van der Waals surface area contributed by atoms with E-state index >= 15 is 0 Å². The molecule has 1 saturated heterocycles. The molecule has 2 rings (SSSR count). The average molecular weight is 229 g/mol. The van der Waals surface area contributed by atoms with Gasteiger partial charge in [-0.15, -0.1) is 0 Å². The molecule has 1 unspecified atom stereocenters. The molecule has 3 heteroatoms. The van der Waals surface area contributed by atoms with Crippen molar-refractivity contribution in [3.8, 4) is 6.07 Å². The highest BCUT2D eigenvalue weighted by Gasteiger charge is 2.20. The molecule has 0 aromatic heterocycles. The van der Waals surface area contributed by atoms with Crippen molar-refractivity contribution in [1.29, 1.82) is 5.26 Å². The Morgan fingerprint density at radius 1 is 1.35 bits per heavy atom. The number of hydrogen-bond donors (Lipinski definition) is 1. The van der Waals surface area contributed by atoms with E-state index in [9.17, 15) is 0 Å². The number of rotatable bonds is 4. The Labute approximate surface area is 103 Å². The van der Waals surface area contributed by atoms with Crippen LogP contribution in [-0.2, 0) is 0 Å². The summed E-state index contributed by atoms with van der Waals surface area (Å²) in [6.45, 7) is 2.98. The van der Waals surface area contributed by atoms with Crippen LogP contribution in [0.2, 0.25) is 0 Å². The number of nitrogens with zero attached hydrogens (tertiary/aromatic N) is 2. The molecule has 1 atom stereocenters. The van der Waals surface area contributed by atoms with Gasteiger partial charge >= 0.3 is 0 Å². The van der Waals surface area contributed by atoms with E-state index in [0.29, 0.717) is 12.5 Å². The second-order valence-electron chi connectivity index (χ2n) is 4.44. The Hall–Kier alpha value is -1.53. The fourth-order valence-corrected chi connectivity index (χ4v) is 2.41. The second kappa shape index (κ2) is 6.27. The van der Waals surface area contributed by atoms with Gasteiger partial charge in [0.1, 0.15) is 0 Å². The molecule has 3 nitrogen and oxygen atoms in total. The van der Waals surface area contributed by atoms with Crippen LogP contribution in [0.1, 0.15) is 19.3 Å². The van der Waals surface area contributed by atoms with E-state index in [0.717, 1.165) is 19.6 Å². The van der Waals surface area contributed by atoms with Crippen molar-refractivity contribution in [2.45, 2.75) is 25.3 Å². The number of anilines is 1. The van der Waals surface area contributed by atoms with Crippen molar-refractivity contribution in [2.75, 3.05) is 24.5 Å². The van der Waals surface area contributed by atoms with E-state index in [-0.39, 0.29) is 0 Å². The molecule has 1 aromatic rings. The zero-order valence-corrected chi connectivity index (χ0v) is 10.1. The monoisotopic (exact) mass is 229 g/mol. The lowest BCUT2D eigenvalue weighted by Gasteiger charge is -2.36. The third kappa shape index (κ3) is 3.21. The normalized spacial score (nSPS) is 19.6. The molecule has 1 fully saturated rings. The van der Waals surface area contributed by atoms with Crippen molar-refractivity contribution in [3.05, 3.63) is 30.3 Å². The van der Waals surface area contributed by atoms with Crippen LogP contribution in [0.4, 0.5) is 5.69 Å². The molecule has 0 aliphatic carbocycles. The molecular weight excluding hydrogens is 210 g/mol. The highest BCUT2D eigenvalue weighted by atomic mass is 15.2. The highest BCUT2D eigenvalue weighted by molar-refractivity contribution is 5.47. The number of nitrogens with one attached hydrogen (secondary N) is 1. The van der Waals surface area contributed by atoms with Gasteiger partial charge in [-0.3, -0.25) is 0 Å². The first-order valence-electron chi connectivity index (χ1n) is 6.31. The molecule has 0 bridgehead atoms. The van der Waals surface area contributed by atoms with Gasteiger partial charge in [0.15, 0.2) is 0 Å². The lowest BCUT2D eigenvalue weighted by molar-refractivity contribution is 0.433. The predicted molar refractivity (Wildman–Crippen MR) is 69.9 cm³/mol. The molecular formula is C14H19N3. The third-order valence-electron chi connectivity index (χ3n) is 3.26. The number of benzene rings is 1. The molecule has 0 amide bonds. The van der Waals surface area contributed by atoms with E-state index in [1.54, 1.807) is 0 Å². The Kier molecular flexibility index (Phi) is 4.40. The fourth-order valence-electron chi connectivity index (χ4n) is 2.41. The van der Waals surface area contributed by atoms with Crippen molar-refractivity contribution in [3.63, 3.8) is 0 Å². The first-order valence-corrected chi connectivity index (χ1v) is 6.31. The number of para-hydroxylation sites is 1. The Morgan fingerprint density at radius 3 is 2.82 bits per heavy atom. The van der Waals surface area contributed by atoms with Gasteiger partial charge < -0.3 is 10.2 Å².